The summed E-state index contributed by atoms with van der Waals surface area (Å²) in [6.07, 6.45) is 6.70. The van der Waals surface area contributed by atoms with E-state index >= 15 is 0 Å². The Morgan fingerprint density at radius 3 is 2.61 bits per heavy atom. The molecule has 2 N–H and O–H groups in total. The standard InChI is InChI=1S/C14H23N3O/c1-17(2)14(7-3-4-8-14)11-15-9-12-5-6-13(18)10-16-12/h5-6,10,15,18H,3-4,7-9,11H2,1-2H3. The molecule has 0 aromatic carbocycles. The van der Waals surface area contributed by atoms with Gasteiger partial charge in [-0.15, -0.1) is 0 Å². The fourth-order valence-corrected chi connectivity index (χ4v) is 2.76. The van der Waals surface area contributed by atoms with Gasteiger partial charge >= 0.3 is 0 Å². The maximum absolute atomic E-state index is 9.18. The Bertz CT molecular complexity index is 369. The van der Waals surface area contributed by atoms with Gasteiger partial charge in [0.05, 0.1) is 11.9 Å². The van der Waals surface area contributed by atoms with Crippen LogP contribution >= 0.6 is 0 Å². The molecule has 0 saturated heterocycles. The fourth-order valence-electron chi connectivity index (χ4n) is 2.76. The van der Waals surface area contributed by atoms with Crippen LogP contribution in [0.3, 0.4) is 0 Å². The summed E-state index contributed by atoms with van der Waals surface area (Å²) in [5.41, 5.74) is 1.29. The van der Waals surface area contributed by atoms with E-state index in [1.807, 2.05) is 6.07 Å². The third-order valence-electron chi connectivity index (χ3n) is 4.05. The number of likely N-dealkylation sites (N-methyl/N-ethyl adjacent to an activating group) is 1. The zero-order chi connectivity index (χ0) is 13.0. The summed E-state index contributed by atoms with van der Waals surface area (Å²) in [5, 5.41) is 12.7. The molecule has 0 spiro atoms. The van der Waals surface area contributed by atoms with Gasteiger partial charge in [0.15, 0.2) is 0 Å². The summed E-state index contributed by atoms with van der Waals surface area (Å²) in [4.78, 5) is 6.54. The molecule has 100 valence electrons. The van der Waals surface area contributed by atoms with E-state index in [-0.39, 0.29) is 5.75 Å². The number of nitrogens with zero attached hydrogens (tertiary/aromatic N) is 2. The molecule has 1 fully saturated rings. The number of aromatic hydroxyl groups is 1. The third kappa shape index (κ3) is 3.00. The lowest BCUT2D eigenvalue weighted by Gasteiger charge is -2.36. The van der Waals surface area contributed by atoms with E-state index in [4.69, 9.17) is 0 Å². The Kier molecular flexibility index (Phi) is 4.19. The minimum Gasteiger partial charge on any atom is -0.506 e. The molecule has 0 bridgehead atoms. The average molecular weight is 249 g/mol. The lowest BCUT2D eigenvalue weighted by atomic mass is 9.96. The van der Waals surface area contributed by atoms with Crippen molar-refractivity contribution in [3.63, 3.8) is 0 Å². The molecule has 2 rings (SSSR count). The zero-order valence-electron chi connectivity index (χ0n) is 11.3. The Morgan fingerprint density at radius 2 is 2.06 bits per heavy atom. The van der Waals surface area contributed by atoms with Gasteiger partial charge < -0.3 is 15.3 Å². The first-order valence-corrected chi connectivity index (χ1v) is 6.64. The van der Waals surface area contributed by atoms with E-state index < -0.39 is 0 Å². The molecule has 4 nitrogen and oxygen atoms in total. The zero-order valence-corrected chi connectivity index (χ0v) is 11.3. The van der Waals surface area contributed by atoms with Gasteiger partial charge in [-0.1, -0.05) is 12.8 Å². The van der Waals surface area contributed by atoms with E-state index in [2.05, 4.69) is 29.3 Å². The van der Waals surface area contributed by atoms with Crippen molar-refractivity contribution in [3.05, 3.63) is 24.0 Å². The second-order valence-corrected chi connectivity index (χ2v) is 5.44. The predicted molar refractivity (Wildman–Crippen MR) is 72.5 cm³/mol. The molecule has 1 heterocycles. The van der Waals surface area contributed by atoms with Crippen molar-refractivity contribution in [2.45, 2.75) is 37.8 Å². The highest BCUT2D eigenvalue weighted by Gasteiger charge is 2.35. The highest BCUT2D eigenvalue weighted by atomic mass is 16.3. The molecule has 1 aromatic rings. The first kappa shape index (κ1) is 13.3. The van der Waals surface area contributed by atoms with E-state index in [1.165, 1.54) is 31.9 Å². The van der Waals surface area contributed by atoms with E-state index in [1.54, 1.807) is 6.07 Å². The van der Waals surface area contributed by atoms with Crippen molar-refractivity contribution in [2.24, 2.45) is 0 Å². The molecule has 1 aromatic heterocycles. The van der Waals surface area contributed by atoms with Gasteiger partial charge in [-0.05, 0) is 39.1 Å². The van der Waals surface area contributed by atoms with Crippen molar-refractivity contribution < 1.29 is 5.11 Å². The Morgan fingerprint density at radius 1 is 1.33 bits per heavy atom. The average Bonchev–Trinajstić information content (AvgIpc) is 2.82. The van der Waals surface area contributed by atoms with E-state index in [0.29, 0.717) is 5.54 Å². The maximum atomic E-state index is 9.18. The van der Waals surface area contributed by atoms with Crippen molar-refractivity contribution >= 4 is 0 Å². The quantitative estimate of drug-likeness (QED) is 0.834. The lowest BCUT2D eigenvalue weighted by Crippen LogP contribution is -2.49. The summed E-state index contributed by atoms with van der Waals surface area (Å²) in [7, 11) is 4.34. The number of pyridine rings is 1. The highest BCUT2D eigenvalue weighted by Crippen LogP contribution is 2.33. The number of rotatable bonds is 5. The summed E-state index contributed by atoms with van der Waals surface area (Å²) in [6.45, 7) is 1.76. The van der Waals surface area contributed by atoms with Crippen LogP contribution in [-0.4, -0.2) is 41.2 Å². The molecule has 0 amide bonds. The Hall–Kier alpha value is -1.13. The minimum absolute atomic E-state index is 0.222. The summed E-state index contributed by atoms with van der Waals surface area (Å²) >= 11 is 0. The first-order valence-electron chi connectivity index (χ1n) is 6.64. The van der Waals surface area contributed by atoms with Crippen molar-refractivity contribution in [1.29, 1.82) is 0 Å². The summed E-state index contributed by atoms with van der Waals surface area (Å²) in [5.74, 6) is 0.222. The monoisotopic (exact) mass is 249 g/mol. The van der Waals surface area contributed by atoms with Crippen LogP contribution in [0.1, 0.15) is 31.4 Å². The summed E-state index contributed by atoms with van der Waals surface area (Å²) < 4.78 is 0. The van der Waals surface area contributed by atoms with Crippen molar-refractivity contribution in [3.8, 4) is 5.75 Å². The second-order valence-electron chi connectivity index (χ2n) is 5.44. The predicted octanol–water partition coefficient (Wildman–Crippen LogP) is 1.75. The molecule has 1 aliphatic rings. The number of aromatic nitrogens is 1. The lowest BCUT2D eigenvalue weighted by molar-refractivity contribution is 0.153. The number of nitrogens with one attached hydrogen (secondary N) is 1. The van der Waals surface area contributed by atoms with Gasteiger partial charge in [0.25, 0.3) is 0 Å². The SMILES string of the molecule is CN(C)C1(CNCc2ccc(O)cn2)CCCC1. The highest BCUT2D eigenvalue weighted by molar-refractivity contribution is 5.17. The van der Waals surface area contributed by atoms with Gasteiger partial charge in [-0.2, -0.15) is 0 Å². The molecule has 0 aliphatic heterocycles. The number of hydrogen-bond acceptors (Lipinski definition) is 4. The molecule has 18 heavy (non-hydrogen) atoms. The second kappa shape index (κ2) is 5.67. The van der Waals surface area contributed by atoms with E-state index in [0.717, 1.165) is 18.8 Å². The maximum Gasteiger partial charge on any atom is 0.133 e. The van der Waals surface area contributed by atoms with Crippen LogP contribution in [0, 0.1) is 0 Å². The van der Waals surface area contributed by atoms with Crippen LogP contribution in [0.15, 0.2) is 18.3 Å². The van der Waals surface area contributed by atoms with Crippen LogP contribution in [0.4, 0.5) is 0 Å². The van der Waals surface area contributed by atoms with Gasteiger partial charge in [-0.25, -0.2) is 0 Å². The molecule has 1 aliphatic carbocycles. The summed E-state index contributed by atoms with van der Waals surface area (Å²) in [6, 6.07) is 3.54. The van der Waals surface area contributed by atoms with Gasteiger partial charge in [0.2, 0.25) is 0 Å². The third-order valence-corrected chi connectivity index (χ3v) is 4.05. The van der Waals surface area contributed by atoms with Crippen LogP contribution in [0.25, 0.3) is 0 Å². The molecule has 0 radical (unpaired) electrons. The van der Waals surface area contributed by atoms with Crippen LogP contribution < -0.4 is 5.32 Å². The number of hydrogen-bond donors (Lipinski definition) is 2. The Balaban J connectivity index is 1.85. The molecule has 0 atom stereocenters. The smallest absolute Gasteiger partial charge is 0.133 e. The molecular formula is C14H23N3O. The minimum atomic E-state index is 0.222. The molecular weight excluding hydrogens is 226 g/mol. The fraction of sp³-hybridized carbons (Fsp3) is 0.643. The topological polar surface area (TPSA) is 48.4 Å². The van der Waals surface area contributed by atoms with Crippen molar-refractivity contribution in [1.82, 2.24) is 15.2 Å². The van der Waals surface area contributed by atoms with Crippen LogP contribution in [0.2, 0.25) is 0 Å². The first-order chi connectivity index (χ1) is 8.62. The van der Waals surface area contributed by atoms with Gasteiger partial charge in [0, 0.05) is 18.6 Å². The molecule has 1 saturated carbocycles. The molecule has 0 unspecified atom stereocenters. The normalized spacial score (nSPS) is 18.4. The van der Waals surface area contributed by atoms with Crippen LogP contribution in [0.5, 0.6) is 5.75 Å². The molecule has 4 heteroatoms. The Labute approximate surface area is 109 Å². The van der Waals surface area contributed by atoms with Crippen molar-refractivity contribution in [2.75, 3.05) is 20.6 Å². The van der Waals surface area contributed by atoms with Gasteiger partial charge in [0.1, 0.15) is 5.75 Å². The largest absolute Gasteiger partial charge is 0.506 e. The van der Waals surface area contributed by atoms with Crippen LogP contribution in [-0.2, 0) is 6.54 Å². The van der Waals surface area contributed by atoms with Gasteiger partial charge in [-0.3, -0.25) is 4.98 Å². The van der Waals surface area contributed by atoms with E-state index in [9.17, 15) is 5.11 Å².